The van der Waals surface area contributed by atoms with Crippen LogP contribution in [0.5, 0.6) is 17.2 Å². The molecule has 5 aromatic rings. The number of piperazine rings is 2. The first-order valence-electron chi connectivity index (χ1n) is 25.3. The molecule has 7 heterocycles. The molecular weight excluding hydrogens is 935 g/mol. The van der Waals surface area contributed by atoms with Crippen LogP contribution in [-0.2, 0) is 20.9 Å². The Balaban J connectivity index is 0.614. The fourth-order valence-electron chi connectivity index (χ4n) is 10.4. The van der Waals surface area contributed by atoms with E-state index in [0.29, 0.717) is 55.3 Å². The zero-order valence-corrected chi connectivity index (χ0v) is 41.0. The number of ether oxygens (including phenoxy) is 2. The van der Waals surface area contributed by atoms with Crippen molar-refractivity contribution < 1.29 is 38.6 Å². The van der Waals surface area contributed by atoms with E-state index in [-0.39, 0.29) is 53.3 Å². The molecule has 0 radical (unpaired) electrons. The maximum absolute atomic E-state index is 13.5. The van der Waals surface area contributed by atoms with Crippen LogP contribution in [0.15, 0.2) is 79.0 Å². The van der Waals surface area contributed by atoms with Crippen LogP contribution in [0.25, 0.3) is 11.3 Å². The lowest BCUT2D eigenvalue weighted by molar-refractivity contribution is -0.136. The normalized spacial score (nSPS) is 20.3. The molecule has 4 N–H and O–H groups in total. The average Bonchev–Trinajstić information content (AvgIpc) is 3.99. The van der Waals surface area contributed by atoms with E-state index in [4.69, 9.17) is 15.2 Å². The number of anilines is 3. The topological polar surface area (TPSA) is 238 Å². The Labute approximate surface area is 422 Å². The van der Waals surface area contributed by atoms with E-state index in [2.05, 4.69) is 69.7 Å². The fraction of sp³-hybridized carbons (Fsp3) is 0.442. The highest BCUT2D eigenvalue weighted by Gasteiger charge is 2.46. The first kappa shape index (κ1) is 49.0. The van der Waals surface area contributed by atoms with Crippen LogP contribution in [0, 0.1) is 0 Å². The van der Waals surface area contributed by atoms with Crippen molar-refractivity contribution in [3.05, 3.63) is 95.8 Å². The Hall–Kier alpha value is -7.65. The number of phenolic OH excluding ortho intramolecular Hbond substituents is 1. The molecule has 21 nitrogen and oxygen atoms in total. The molecule has 3 unspecified atom stereocenters. The van der Waals surface area contributed by atoms with Crippen molar-refractivity contribution in [2.45, 2.75) is 70.2 Å². The molecule has 4 saturated heterocycles. The molecule has 0 saturated carbocycles. The number of aromatic hydroxyl groups is 1. The number of hydrogen-bond donors (Lipinski definition) is 3. The third-order valence-corrected chi connectivity index (χ3v) is 14.5. The number of nitrogens with two attached hydrogens (primary N) is 1. The minimum Gasteiger partial charge on any atom is -0.507 e. The summed E-state index contributed by atoms with van der Waals surface area (Å²) in [5, 5.41) is 29.4. The Bertz CT molecular complexity index is 2840. The maximum Gasteiger partial charge on any atom is 0.266 e. The van der Waals surface area contributed by atoms with E-state index >= 15 is 0 Å². The molecule has 3 aromatic carbocycles. The summed E-state index contributed by atoms with van der Waals surface area (Å²) in [7, 11) is 0. The number of nitrogens with zero attached hydrogens (tertiary/aromatic N) is 11. The lowest BCUT2D eigenvalue weighted by Gasteiger charge is -2.38. The van der Waals surface area contributed by atoms with E-state index in [1.54, 1.807) is 48.0 Å². The minimum atomic E-state index is -1.07. The van der Waals surface area contributed by atoms with Gasteiger partial charge in [0.05, 0.1) is 23.9 Å². The fourth-order valence-corrected chi connectivity index (χ4v) is 10.4. The van der Waals surface area contributed by atoms with Gasteiger partial charge in [-0.05, 0) is 81.1 Å². The van der Waals surface area contributed by atoms with Crippen LogP contribution in [0.3, 0.4) is 0 Å². The second-order valence-corrected chi connectivity index (χ2v) is 19.3. The number of aromatic nitrogens is 5. The van der Waals surface area contributed by atoms with Gasteiger partial charge in [-0.2, -0.15) is 0 Å². The zero-order chi connectivity index (χ0) is 50.6. The summed E-state index contributed by atoms with van der Waals surface area (Å²) in [5.41, 5.74) is 10.4. The van der Waals surface area contributed by atoms with Crippen molar-refractivity contribution in [2.24, 2.45) is 0 Å². The zero-order valence-electron chi connectivity index (χ0n) is 41.0. The number of para-hydroxylation sites is 1. The van der Waals surface area contributed by atoms with Crippen LogP contribution < -0.4 is 30.3 Å². The second kappa shape index (κ2) is 21.6. The molecule has 5 amide bonds. The number of phenols is 1. The number of fused-ring (bicyclic) bond motifs is 1. The van der Waals surface area contributed by atoms with Gasteiger partial charge in [0, 0.05) is 114 Å². The molecule has 382 valence electrons. The molecule has 5 aliphatic heterocycles. The summed E-state index contributed by atoms with van der Waals surface area (Å²) >= 11 is 0. The molecule has 2 aromatic heterocycles. The van der Waals surface area contributed by atoms with Gasteiger partial charge in [0.25, 0.3) is 11.8 Å². The number of imide groups is 2. The van der Waals surface area contributed by atoms with Crippen LogP contribution in [0.2, 0.25) is 0 Å². The van der Waals surface area contributed by atoms with Crippen LogP contribution >= 0.6 is 0 Å². The number of nitrogens with one attached hydrogen (secondary N) is 1. The second-order valence-electron chi connectivity index (χ2n) is 19.3. The molecule has 3 atom stereocenters. The summed E-state index contributed by atoms with van der Waals surface area (Å²) in [6.07, 6.45) is 4.45. The minimum absolute atomic E-state index is 0.0374. The standard InChI is InChI=1S/C52H61N13O8/c1-34(72-44-11-4-9-39-48(44)52(71)65(51(39)70)42-16-17-46(67)54-50(42)69)41-33-64(58-56-41)21-6-19-59-25-29-62(30-26-59)47(68)18-22-60-23-27-61(28-24-60)35-12-14-36(15-13-35)63-20-5-7-37(32-63)73-45-31-40(55-57-49(45)53)38-8-2-3-10-43(38)66/h2-4,8-15,31,33-34,37,42,66H,5-7,16-30,32H2,1H3,(H2,53,57)(H,54,67,69). The third kappa shape index (κ3) is 10.9. The summed E-state index contributed by atoms with van der Waals surface area (Å²) < 4.78 is 14.3. The van der Waals surface area contributed by atoms with Crippen molar-refractivity contribution in [3.63, 3.8) is 0 Å². The van der Waals surface area contributed by atoms with Crippen LogP contribution in [0.1, 0.15) is 78.0 Å². The maximum atomic E-state index is 13.5. The number of benzene rings is 3. The number of rotatable bonds is 16. The monoisotopic (exact) mass is 995 g/mol. The Morgan fingerprint density at radius 3 is 2.27 bits per heavy atom. The SMILES string of the molecule is CC(Oc1cccc2c1C(=O)N(C1CCC(=O)NC1=O)C2=O)c1cn(CCCN2CCN(C(=O)CCN3CCN(c4ccc(N5CCCC(Oc6cc(-c7ccccc7O)nnc6N)C5)cc4)CC3)CC2)nn1. The quantitative estimate of drug-likeness (QED) is 0.120. The highest BCUT2D eigenvalue weighted by Crippen LogP contribution is 2.36. The predicted molar refractivity (Wildman–Crippen MR) is 269 cm³/mol. The molecule has 0 spiro atoms. The summed E-state index contributed by atoms with van der Waals surface area (Å²) in [6, 6.07) is 21.2. The molecule has 21 heteroatoms. The molecule has 5 aliphatic rings. The summed E-state index contributed by atoms with van der Waals surface area (Å²) in [4.78, 5) is 76.7. The van der Waals surface area contributed by atoms with Gasteiger partial charge in [-0.15, -0.1) is 15.3 Å². The van der Waals surface area contributed by atoms with Gasteiger partial charge in [0.2, 0.25) is 17.7 Å². The van der Waals surface area contributed by atoms with Crippen LogP contribution in [-0.4, -0.2) is 170 Å². The van der Waals surface area contributed by atoms with Gasteiger partial charge in [0.15, 0.2) is 11.6 Å². The number of nitrogen functional groups attached to an aromatic ring is 1. The van der Waals surface area contributed by atoms with Crippen molar-refractivity contribution in [3.8, 4) is 28.5 Å². The van der Waals surface area contributed by atoms with Crippen molar-refractivity contribution in [1.82, 2.24) is 50.1 Å². The molecule has 0 bridgehead atoms. The van der Waals surface area contributed by atoms with Crippen molar-refractivity contribution >= 4 is 46.7 Å². The van der Waals surface area contributed by atoms with Gasteiger partial charge in [-0.1, -0.05) is 23.4 Å². The lowest BCUT2D eigenvalue weighted by atomic mass is 10.0. The van der Waals surface area contributed by atoms with Gasteiger partial charge in [-0.25, -0.2) is 0 Å². The van der Waals surface area contributed by atoms with Gasteiger partial charge < -0.3 is 35.0 Å². The average molecular weight is 996 g/mol. The largest absolute Gasteiger partial charge is 0.507 e. The summed E-state index contributed by atoms with van der Waals surface area (Å²) in [6.45, 7) is 12.3. The number of carbonyl (C=O) groups is 5. The smallest absolute Gasteiger partial charge is 0.266 e. The molecule has 10 rings (SSSR count). The third-order valence-electron chi connectivity index (χ3n) is 14.5. The van der Waals surface area contributed by atoms with E-state index in [9.17, 15) is 29.1 Å². The number of carbonyl (C=O) groups excluding carboxylic acids is 5. The first-order valence-corrected chi connectivity index (χ1v) is 25.3. The molecule has 4 fully saturated rings. The number of amides is 5. The van der Waals surface area contributed by atoms with E-state index < -0.39 is 35.8 Å². The van der Waals surface area contributed by atoms with E-state index in [1.165, 1.54) is 11.8 Å². The first-order chi connectivity index (χ1) is 35.4. The Morgan fingerprint density at radius 1 is 0.781 bits per heavy atom. The van der Waals surface area contributed by atoms with Gasteiger partial charge >= 0.3 is 0 Å². The highest BCUT2D eigenvalue weighted by molar-refractivity contribution is 6.24. The summed E-state index contributed by atoms with van der Waals surface area (Å²) in [5.74, 6) is -1.13. The Morgan fingerprint density at radius 2 is 1.51 bits per heavy atom. The van der Waals surface area contributed by atoms with Gasteiger partial charge in [0.1, 0.15) is 41.1 Å². The van der Waals surface area contributed by atoms with E-state index in [0.717, 1.165) is 88.8 Å². The van der Waals surface area contributed by atoms with Crippen LogP contribution in [0.4, 0.5) is 17.2 Å². The van der Waals surface area contributed by atoms with E-state index in [1.807, 2.05) is 17.2 Å². The number of piperidine rings is 2. The molecule has 73 heavy (non-hydrogen) atoms. The molecular formula is C52H61N13O8. The number of aryl methyl sites for hydroxylation is 1. The number of hydrogen-bond acceptors (Lipinski definition) is 17. The van der Waals surface area contributed by atoms with Crippen molar-refractivity contribution in [1.29, 1.82) is 0 Å². The Kier molecular flexibility index (Phi) is 14.5. The lowest BCUT2D eigenvalue weighted by Crippen LogP contribution is -2.54. The predicted octanol–water partition coefficient (Wildman–Crippen LogP) is 3.36. The molecule has 0 aliphatic carbocycles. The van der Waals surface area contributed by atoms with Gasteiger partial charge in [-0.3, -0.25) is 48.7 Å². The highest BCUT2D eigenvalue weighted by atomic mass is 16.5. The van der Waals surface area contributed by atoms with Crippen molar-refractivity contribution in [2.75, 3.05) is 94.1 Å².